The van der Waals surface area contributed by atoms with Gasteiger partial charge < -0.3 is 5.32 Å². The maximum Gasteiger partial charge on any atom is 0.0673 e. The second-order valence-corrected chi connectivity index (χ2v) is 5.75. The van der Waals surface area contributed by atoms with E-state index in [1.807, 2.05) is 12.3 Å². The van der Waals surface area contributed by atoms with Crippen molar-refractivity contribution < 1.29 is 0 Å². The Labute approximate surface area is 129 Å². The minimum atomic E-state index is 0.822. The predicted octanol–water partition coefficient (Wildman–Crippen LogP) is 3.76. The molecular formula is C16H22BrN3. The highest BCUT2D eigenvalue weighted by Crippen LogP contribution is 2.19. The van der Waals surface area contributed by atoms with E-state index in [0.717, 1.165) is 36.9 Å². The molecule has 0 saturated heterocycles. The van der Waals surface area contributed by atoms with Gasteiger partial charge in [0.15, 0.2) is 0 Å². The molecule has 0 saturated carbocycles. The van der Waals surface area contributed by atoms with E-state index in [4.69, 9.17) is 0 Å². The largest absolute Gasteiger partial charge is 0.313 e. The van der Waals surface area contributed by atoms with Gasteiger partial charge >= 0.3 is 0 Å². The van der Waals surface area contributed by atoms with E-state index in [1.54, 1.807) is 0 Å². The normalized spacial score (nSPS) is 10.9. The molecule has 4 heteroatoms. The molecule has 1 heterocycles. The van der Waals surface area contributed by atoms with Crippen LogP contribution in [0.3, 0.4) is 0 Å². The Morgan fingerprint density at radius 1 is 1.20 bits per heavy atom. The third-order valence-electron chi connectivity index (χ3n) is 3.37. The zero-order valence-corrected chi connectivity index (χ0v) is 13.8. The first-order valence-electron chi connectivity index (χ1n) is 7.24. The van der Waals surface area contributed by atoms with Crippen molar-refractivity contribution in [3.8, 4) is 0 Å². The van der Waals surface area contributed by atoms with E-state index in [-0.39, 0.29) is 0 Å². The van der Waals surface area contributed by atoms with Crippen molar-refractivity contribution in [3.63, 3.8) is 0 Å². The van der Waals surface area contributed by atoms with Crippen LogP contribution in [0.1, 0.15) is 37.1 Å². The highest BCUT2D eigenvalue weighted by atomic mass is 79.9. The summed E-state index contributed by atoms with van der Waals surface area (Å²) in [5.74, 6) is 0. The fourth-order valence-corrected chi connectivity index (χ4v) is 2.72. The topological polar surface area (TPSA) is 29.9 Å². The Balaban J connectivity index is 2.22. The fourth-order valence-electron chi connectivity index (χ4n) is 2.31. The lowest BCUT2D eigenvalue weighted by Gasteiger charge is -2.10. The van der Waals surface area contributed by atoms with E-state index < -0.39 is 0 Å². The Kier molecular flexibility index (Phi) is 5.80. The third-order valence-corrected chi connectivity index (χ3v) is 4.14. The van der Waals surface area contributed by atoms with Gasteiger partial charge in [0.2, 0.25) is 0 Å². The Morgan fingerprint density at radius 3 is 2.70 bits per heavy atom. The molecule has 108 valence electrons. The summed E-state index contributed by atoms with van der Waals surface area (Å²) in [6, 6.07) is 8.34. The fraction of sp³-hybridized carbons (Fsp3) is 0.438. The van der Waals surface area contributed by atoms with Crippen molar-refractivity contribution in [3.05, 3.63) is 51.8 Å². The molecule has 1 N–H and O–H groups in total. The van der Waals surface area contributed by atoms with Gasteiger partial charge in [0.05, 0.1) is 12.7 Å². The predicted molar refractivity (Wildman–Crippen MR) is 86.8 cm³/mol. The van der Waals surface area contributed by atoms with Gasteiger partial charge in [-0.2, -0.15) is 5.10 Å². The second-order valence-electron chi connectivity index (χ2n) is 4.90. The molecular weight excluding hydrogens is 314 g/mol. The van der Waals surface area contributed by atoms with Crippen molar-refractivity contribution in [2.24, 2.45) is 0 Å². The summed E-state index contributed by atoms with van der Waals surface area (Å²) in [4.78, 5) is 0. The molecule has 1 aromatic carbocycles. The lowest BCUT2D eigenvalue weighted by Crippen LogP contribution is -2.14. The number of nitrogens with zero attached hydrogens (tertiary/aromatic N) is 2. The van der Waals surface area contributed by atoms with Gasteiger partial charge in [-0.25, -0.2) is 0 Å². The lowest BCUT2D eigenvalue weighted by atomic mass is 10.1. The molecule has 0 amide bonds. The molecule has 0 bridgehead atoms. The minimum Gasteiger partial charge on any atom is -0.313 e. The molecule has 0 unspecified atom stereocenters. The number of hydrogen-bond acceptors (Lipinski definition) is 2. The van der Waals surface area contributed by atoms with Crippen LogP contribution in [-0.4, -0.2) is 16.3 Å². The summed E-state index contributed by atoms with van der Waals surface area (Å²) >= 11 is 3.61. The van der Waals surface area contributed by atoms with Crippen molar-refractivity contribution in [1.82, 2.24) is 15.1 Å². The maximum atomic E-state index is 4.58. The van der Waals surface area contributed by atoms with E-state index in [0.29, 0.717) is 0 Å². The van der Waals surface area contributed by atoms with Crippen molar-refractivity contribution in [1.29, 1.82) is 0 Å². The van der Waals surface area contributed by atoms with Crippen LogP contribution in [0.5, 0.6) is 0 Å². The van der Waals surface area contributed by atoms with Crippen LogP contribution >= 0.6 is 15.9 Å². The lowest BCUT2D eigenvalue weighted by molar-refractivity contribution is 0.628. The highest BCUT2D eigenvalue weighted by molar-refractivity contribution is 9.10. The number of rotatable bonds is 7. The van der Waals surface area contributed by atoms with Gasteiger partial charge in [-0.3, -0.25) is 4.68 Å². The number of nitrogens with one attached hydrogen (secondary N) is 1. The number of halogens is 1. The molecule has 0 atom stereocenters. The molecule has 0 spiro atoms. The quantitative estimate of drug-likeness (QED) is 0.834. The van der Waals surface area contributed by atoms with E-state index >= 15 is 0 Å². The summed E-state index contributed by atoms with van der Waals surface area (Å²) in [7, 11) is 0. The van der Waals surface area contributed by atoms with Crippen molar-refractivity contribution in [2.75, 3.05) is 6.54 Å². The first-order valence-corrected chi connectivity index (χ1v) is 8.03. The van der Waals surface area contributed by atoms with Crippen LogP contribution in [0, 0.1) is 0 Å². The third kappa shape index (κ3) is 3.70. The van der Waals surface area contributed by atoms with Gasteiger partial charge in [-0.15, -0.1) is 0 Å². The summed E-state index contributed by atoms with van der Waals surface area (Å²) in [6.07, 6.45) is 4.22. The van der Waals surface area contributed by atoms with Crippen LogP contribution in [-0.2, 0) is 19.5 Å². The first kappa shape index (κ1) is 15.3. The van der Waals surface area contributed by atoms with Crippen LogP contribution in [0.2, 0.25) is 0 Å². The molecule has 3 nitrogen and oxygen atoms in total. The van der Waals surface area contributed by atoms with Crippen LogP contribution in [0.15, 0.2) is 34.9 Å². The Hall–Kier alpha value is -1.13. The minimum absolute atomic E-state index is 0.822. The van der Waals surface area contributed by atoms with Gasteiger partial charge in [0.25, 0.3) is 0 Å². The first-order chi connectivity index (χ1) is 9.76. The van der Waals surface area contributed by atoms with Crippen LogP contribution < -0.4 is 5.32 Å². The second kappa shape index (κ2) is 7.60. The number of hydrogen-bond donors (Lipinski definition) is 1. The molecule has 20 heavy (non-hydrogen) atoms. The van der Waals surface area contributed by atoms with Gasteiger partial charge in [0.1, 0.15) is 0 Å². The molecule has 0 aliphatic carbocycles. The smallest absolute Gasteiger partial charge is 0.0673 e. The van der Waals surface area contributed by atoms with E-state index in [1.165, 1.54) is 16.8 Å². The van der Waals surface area contributed by atoms with E-state index in [9.17, 15) is 0 Å². The van der Waals surface area contributed by atoms with Gasteiger partial charge in [0, 0.05) is 22.3 Å². The number of aromatic nitrogens is 2. The summed E-state index contributed by atoms with van der Waals surface area (Å²) in [5, 5.41) is 7.97. The average molecular weight is 336 g/mol. The monoisotopic (exact) mass is 335 g/mol. The van der Waals surface area contributed by atoms with Gasteiger partial charge in [-0.1, -0.05) is 54.4 Å². The zero-order chi connectivity index (χ0) is 14.4. The maximum absolute atomic E-state index is 4.58. The molecule has 2 aromatic rings. The van der Waals surface area contributed by atoms with E-state index in [2.05, 4.69) is 63.1 Å². The molecule has 2 rings (SSSR count). The molecule has 0 fully saturated rings. The molecule has 0 radical (unpaired) electrons. The molecule has 1 aromatic heterocycles. The average Bonchev–Trinajstić information content (AvgIpc) is 2.82. The van der Waals surface area contributed by atoms with Crippen LogP contribution in [0.4, 0.5) is 0 Å². The van der Waals surface area contributed by atoms with Crippen molar-refractivity contribution in [2.45, 2.75) is 39.8 Å². The standard InChI is InChI=1S/C16H22BrN3/c1-3-7-16-14(10-18-4-2)11-19-20(16)12-13-8-5-6-9-15(13)17/h5-6,8-9,11,18H,3-4,7,10,12H2,1-2H3. The Morgan fingerprint density at radius 2 is 2.00 bits per heavy atom. The Bertz CT molecular complexity index is 548. The molecule has 0 aliphatic rings. The SMILES string of the molecule is CCCc1c(CNCC)cnn1Cc1ccccc1Br. The summed E-state index contributed by atoms with van der Waals surface area (Å²) < 4.78 is 3.28. The van der Waals surface area contributed by atoms with Crippen molar-refractivity contribution >= 4 is 15.9 Å². The summed E-state index contributed by atoms with van der Waals surface area (Å²) in [5.41, 5.74) is 3.94. The van der Waals surface area contributed by atoms with Crippen LogP contribution in [0.25, 0.3) is 0 Å². The number of benzene rings is 1. The highest BCUT2D eigenvalue weighted by Gasteiger charge is 2.11. The summed E-state index contributed by atoms with van der Waals surface area (Å²) in [6.45, 7) is 7.06. The molecule has 0 aliphatic heterocycles. The zero-order valence-electron chi connectivity index (χ0n) is 12.2. The van der Waals surface area contributed by atoms with Gasteiger partial charge in [-0.05, 0) is 24.6 Å².